The molecule has 21 heavy (non-hydrogen) atoms. The highest BCUT2D eigenvalue weighted by Gasteiger charge is 2.10. The fourth-order valence-electron chi connectivity index (χ4n) is 1.97. The number of benzene rings is 2. The van der Waals surface area contributed by atoms with Gasteiger partial charge in [-0.2, -0.15) is 5.26 Å². The number of hydrogen-bond donors (Lipinski definition) is 1. The van der Waals surface area contributed by atoms with E-state index in [9.17, 15) is 4.39 Å². The Kier molecular flexibility index (Phi) is 4.94. The van der Waals surface area contributed by atoms with Gasteiger partial charge in [-0.25, -0.2) is 4.39 Å². The smallest absolute Gasteiger partial charge is 0.124 e. The van der Waals surface area contributed by atoms with Gasteiger partial charge in [0.15, 0.2) is 0 Å². The summed E-state index contributed by atoms with van der Waals surface area (Å²) in [5.41, 5.74) is 7.66. The summed E-state index contributed by atoms with van der Waals surface area (Å²) in [5.74, 6) is 0.201. The molecule has 0 fully saturated rings. The van der Waals surface area contributed by atoms with E-state index < -0.39 is 5.82 Å². The molecule has 0 saturated carbocycles. The first kappa shape index (κ1) is 15.5. The van der Waals surface area contributed by atoms with Crippen LogP contribution in [0.2, 0.25) is 0 Å². The Labute approximate surface area is 131 Å². The third kappa shape index (κ3) is 4.03. The summed E-state index contributed by atoms with van der Waals surface area (Å²) in [7, 11) is 0. The number of nitriles is 1. The van der Waals surface area contributed by atoms with Gasteiger partial charge < -0.3 is 10.5 Å². The lowest BCUT2D eigenvalue weighted by Crippen LogP contribution is -2.08. The standard InChI is InChI=1S/C16H14BrFN2O/c1-10(20)15-7-13(17)2-3-16(15)21-9-12-4-11(8-19)5-14(18)6-12/h2-7,10H,9,20H2,1H3/t10-/m0/s1. The maximum Gasteiger partial charge on any atom is 0.124 e. The van der Waals surface area contributed by atoms with Crippen LogP contribution in [0.5, 0.6) is 5.75 Å². The summed E-state index contributed by atoms with van der Waals surface area (Å²) < 4.78 is 20.0. The van der Waals surface area contributed by atoms with Gasteiger partial charge in [-0.05, 0) is 48.9 Å². The molecule has 2 aromatic carbocycles. The minimum absolute atomic E-state index is 0.174. The van der Waals surface area contributed by atoms with E-state index in [1.54, 1.807) is 6.07 Å². The quantitative estimate of drug-likeness (QED) is 0.906. The molecule has 0 heterocycles. The van der Waals surface area contributed by atoms with Crippen LogP contribution >= 0.6 is 15.9 Å². The number of hydrogen-bond acceptors (Lipinski definition) is 3. The van der Waals surface area contributed by atoms with Crippen molar-refractivity contribution in [2.75, 3.05) is 0 Å². The highest BCUT2D eigenvalue weighted by atomic mass is 79.9. The second-order valence-electron chi connectivity index (χ2n) is 4.72. The molecule has 0 amide bonds. The number of nitrogens with zero attached hydrogens (tertiary/aromatic N) is 1. The molecule has 2 rings (SSSR count). The minimum atomic E-state index is -0.448. The molecule has 2 N–H and O–H groups in total. The monoisotopic (exact) mass is 348 g/mol. The zero-order valence-corrected chi connectivity index (χ0v) is 13.0. The van der Waals surface area contributed by atoms with E-state index in [0.29, 0.717) is 11.3 Å². The maximum absolute atomic E-state index is 13.4. The van der Waals surface area contributed by atoms with Crippen molar-refractivity contribution in [1.82, 2.24) is 0 Å². The average Bonchev–Trinajstić information content (AvgIpc) is 2.45. The van der Waals surface area contributed by atoms with Crippen LogP contribution in [0.25, 0.3) is 0 Å². The molecule has 108 valence electrons. The predicted octanol–water partition coefficient (Wildman–Crippen LogP) is 4.06. The molecule has 5 heteroatoms. The van der Waals surface area contributed by atoms with Gasteiger partial charge in [0.1, 0.15) is 18.2 Å². The van der Waals surface area contributed by atoms with Crippen LogP contribution in [0, 0.1) is 17.1 Å². The van der Waals surface area contributed by atoms with Gasteiger partial charge in [-0.1, -0.05) is 15.9 Å². The topological polar surface area (TPSA) is 59.0 Å². The van der Waals surface area contributed by atoms with E-state index >= 15 is 0 Å². The average molecular weight is 349 g/mol. The lowest BCUT2D eigenvalue weighted by atomic mass is 10.1. The van der Waals surface area contributed by atoms with Gasteiger partial charge in [-0.3, -0.25) is 0 Å². The second kappa shape index (κ2) is 6.70. The second-order valence-corrected chi connectivity index (χ2v) is 5.64. The van der Waals surface area contributed by atoms with E-state index in [1.807, 2.05) is 31.2 Å². The van der Waals surface area contributed by atoms with Gasteiger partial charge in [0, 0.05) is 16.1 Å². The van der Waals surface area contributed by atoms with Crippen molar-refractivity contribution in [2.24, 2.45) is 5.73 Å². The van der Waals surface area contributed by atoms with Crippen LogP contribution in [-0.4, -0.2) is 0 Å². The molecule has 0 aliphatic heterocycles. The van der Waals surface area contributed by atoms with Crippen LogP contribution in [0.15, 0.2) is 40.9 Å². The van der Waals surface area contributed by atoms with Crippen molar-refractivity contribution in [3.05, 3.63) is 63.4 Å². The largest absolute Gasteiger partial charge is 0.489 e. The molecule has 1 atom stereocenters. The normalized spacial score (nSPS) is 11.8. The first-order chi connectivity index (χ1) is 9.99. The Morgan fingerprint density at radius 3 is 2.76 bits per heavy atom. The molecular weight excluding hydrogens is 335 g/mol. The third-order valence-electron chi connectivity index (χ3n) is 2.94. The highest BCUT2D eigenvalue weighted by Crippen LogP contribution is 2.28. The van der Waals surface area contributed by atoms with Crippen LogP contribution in [0.1, 0.15) is 29.7 Å². The van der Waals surface area contributed by atoms with Gasteiger partial charge in [0.05, 0.1) is 11.6 Å². The molecule has 0 unspecified atom stereocenters. The van der Waals surface area contributed by atoms with Crippen molar-refractivity contribution in [2.45, 2.75) is 19.6 Å². The molecular formula is C16H14BrFN2O. The molecule has 0 spiro atoms. The maximum atomic E-state index is 13.4. The Morgan fingerprint density at radius 2 is 2.10 bits per heavy atom. The molecule has 0 aromatic heterocycles. The van der Waals surface area contributed by atoms with Gasteiger partial charge in [0.2, 0.25) is 0 Å². The molecule has 2 aromatic rings. The summed E-state index contributed by atoms with van der Waals surface area (Å²) >= 11 is 3.39. The molecule has 0 aliphatic rings. The van der Waals surface area contributed by atoms with E-state index in [0.717, 1.165) is 10.0 Å². The Morgan fingerprint density at radius 1 is 1.33 bits per heavy atom. The van der Waals surface area contributed by atoms with Crippen molar-refractivity contribution in [3.8, 4) is 11.8 Å². The number of rotatable bonds is 4. The van der Waals surface area contributed by atoms with Crippen molar-refractivity contribution in [3.63, 3.8) is 0 Å². The van der Waals surface area contributed by atoms with E-state index in [4.69, 9.17) is 15.7 Å². The van der Waals surface area contributed by atoms with E-state index in [-0.39, 0.29) is 18.2 Å². The predicted molar refractivity (Wildman–Crippen MR) is 82.2 cm³/mol. The zero-order chi connectivity index (χ0) is 15.4. The summed E-state index contributed by atoms with van der Waals surface area (Å²) in [4.78, 5) is 0. The number of halogens is 2. The lowest BCUT2D eigenvalue weighted by molar-refractivity contribution is 0.301. The SMILES string of the molecule is C[C@H](N)c1cc(Br)ccc1OCc1cc(F)cc(C#N)c1. The summed E-state index contributed by atoms with van der Waals surface area (Å²) in [6.07, 6.45) is 0. The summed E-state index contributed by atoms with van der Waals surface area (Å²) in [5, 5.41) is 8.84. The fourth-order valence-corrected chi connectivity index (χ4v) is 2.34. The lowest BCUT2D eigenvalue weighted by Gasteiger charge is -2.14. The molecule has 0 aliphatic carbocycles. The molecule has 0 radical (unpaired) electrons. The molecule has 0 bridgehead atoms. The first-order valence-electron chi connectivity index (χ1n) is 6.37. The highest BCUT2D eigenvalue weighted by molar-refractivity contribution is 9.10. The van der Waals surface area contributed by atoms with Crippen molar-refractivity contribution in [1.29, 1.82) is 5.26 Å². The minimum Gasteiger partial charge on any atom is -0.489 e. The van der Waals surface area contributed by atoms with Gasteiger partial charge in [-0.15, -0.1) is 0 Å². The van der Waals surface area contributed by atoms with Crippen molar-refractivity contribution >= 4 is 15.9 Å². The Balaban J connectivity index is 2.21. The van der Waals surface area contributed by atoms with Crippen LogP contribution in [-0.2, 0) is 6.61 Å². The van der Waals surface area contributed by atoms with E-state index in [2.05, 4.69) is 15.9 Å². The number of ether oxygens (including phenoxy) is 1. The summed E-state index contributed by atoms with van der Waals surface area (Å²) in [6, 6.07) is 11.5. The first-order valence-corrected chi connectivity index (χ1v) is 7.16. The Bertz CT molecular complexity index is 695. The number of nitrogens with two attached hydrogens (primary N) is 1. The van der Waals surface area contributed by atoms with Crippen LogP contribution < -0.4 is 10.5 Å². The van der Waals surface area contributed by atoms with Crippen LogP contribution in [0.4, 0.5) is 4.39 Å². The van der Waals surface area contributed by atoms with Crippen LogP contribution in [0.3, 0.4) is 0 Å². The van der Waals surface area contributed by atoms with Gasteiger partial charge >= 0.3 is 0 Å². The van der Waals surface area contributed by atoms with E-state index in [1.165, 1.54) is 12.1 Å². The molecule has 0 saturated heterocycles. The Hall–Kier alpha value is -1.90. The van der Waals surface area contributed by atoms with Crippen molar-refractivity contribution < 1.29 is 9.13 Å². The third-order valence-corrected chi connectivity index (χ3v) is 3.44. The zero-order valence-electron chi connectivity index (χ0n) is 11.4. The van der Waals surface area contributed by atoms with Gasteiger partial charge in [0.25, 0.3) is 0 Å². The summed E-state index contributed by atoms with van der Waals surface area (Å²) in [6.45, 7) is 2.04. The fraction of sp³-hybridized carbons (Fsp3) is 0.188. The molecule has 3 nitrogen and oxygen atoms in total.